The first kappa shape index (κ1) is 97.5. The van der Waals surface area contributed by atoms with Crippen LogP contribution in [0.1, 0.15) is 401 Å². The van der Waals surface area contributed by atoms with E-state index in [0.717, 1.165) is 121 Å². The minimum Gasteiger partial charge on any atom is -0.462 e. The average Bonchev–Trinajstić information content (AvgIpc) is 0.935. The molecule has 17 nitrogen and oxygen atoms in total. The van der Waals surface area contributed by atoms with Gasteiger partial charge in [0.15, 0.2) is 12.2 Å². The molecule has 0 amide bonds. The van der Waals surface area contributed by atoms with Crippen LogP contribution in [0.3, 0.4) is 0 Å². The van der Waals surface area contributed by atoms with Crippen LogP contribution in [0.4, 0.5) is 0 Å². The first-order chi connectivity index (χ1) is 48.4. The standard InChI is InChI=1S/C81H154O17P2/c1-7-11-13-15-17-19-20-21-26-30-33-40-46-52-58-64-79(84)92-70-77(97-80(85)65-59-53-47-41-34-31-28-25-23-22-24-27-29-32-38-43-49-55-61-73(5)9-3)72-96-100(89,90)94-68-75(82)67-93-99(87,88)95-71-76(69-91-78(83)63-57-51-45-37-18-16-14-12-8-2)98-81(86)66-60-54-48-42-36-35-39-44-50-56-62-74(6)10-4/h19-21,26,73-77,82H,7-18,22-25,27-72H2,1-6H3,(H,87,88)(H,89,90)/b20-19-,26-21-/t73?,74?,75-,76+,77+/m0/s1. The molecule has 0 aromatic heterocycles. The summed E-state index contributed by atoms with van der Waals surface area (Å²) in [5, 5.41) is 10.6. The molecule has 0 spiro atoms. The van der Waals surface area contributed by atoms with Crippen molar-refractivity contribution >= 4 is 39.5 Å². The van der Waals surface area contributed by atoms with E-state index in [0.29, 0.717) is 25.7 Å². The van der Waals surface area contributed by atoms with Gasteiger partial charge in [0.1, 0.15) is 19.3 Å². The van der Waals surface area contributed by atoms with E-state index in [2.05, 4.69) is 65.8 Å². The number of aliphatic hydroxyl groups is 1. The van der Waals surface area contributed by atoms with Crippen molar-refractivity contribution < 1.29 is 80.2 Å². The summed E-state index contributed by atoms with van der Waals surface area (Å²) in [6.45, 7) is 9.63. The van der Waals surface area contributed by atoms with Crippen LogP contribution < -0.4 is 0 Å². The predicted molar refractivity (Wildman–Crippen MR) is 409 cm³/mol. The Morgan fingerprint density at radius 2 is 0.560 bits per heavy atom. The van der Waals surface area contributed by atoms with Crippen LogP contribution in [0, 0.1) is 11.8 Å². The predicted octanol–water partition coefficient (Wildman–Crippen LogP) is 23.8. The molecule has 0 rings (SSSR count). The van der Waals surface area contributed by atoms with Crippen LogP contribution in [-0.4, -0.2) is 96.7 Å². The Hall–Kier alpha value is -2.46. The molecule has 0 saturated carbocycles. The van der Waals surface area contributed by atoms with Gasteiger partial charge in [-0.1, -0.05) is 348 Å². The second kappa shape index (κ2) is 72.1. The zero-order valence-electron chi connectivity index (χ0n) is 65.0. The lowest BCUT2D eigenvalue weighted by Crippen LogP contribution is -2.30. The van der Waals surface area contributed by atoms with Crippen LogP contribution >= 0.6 is 15.6 Å². The Labute approximate surface area is 612 Å². The van der Waals surface area contributed by atoms with E-state index >= 15 is 0 Å². The van der Waals surface area contributed by atoms with Gasteiger partial charge in [-0.05, 0) is 63.2 Å². The van der Waals surface area contributed by atoms with Gasteiger partial charge in [0, 0.05) is 25.7 Å². The molecule has 0 aliphatic carbocycles. The van der Waals surface area contributed by atoms with Crippen molar-refractivity contribution in [3.63, 3.8) is 0 Å². The first-order valence-electron chi connectivity index (χ1n) is 41.4. The minimum absolute atomic E-state index is 0.101. The average molecular weight is 1460 g/mol. The van der Waals surface area contributed by atoms with Gasteiger partial charge < -0.3 is 33.8 Å². The van der Waals surface area contributed by atoms with Crippen molar-refractivity contribution in [2.45, 2.75) is 419 Å². The fourth-order valence-corrected chi connectivity index (χ4v) is 13.5. The molecule has 3 N–H and O–H groups in total. The maximum Gasteiger partial charge on any atom is 0.472 e. The quantitative estimate of drug-likeness (QED) is 0.0169. The molecule has 0 aliphatic heterocycles. The lowest BCUT2D eigenvalue weighted by molar-refractivity contribution is -0.161. The Morgan fingerprint density at radius 3 is 0.850 bits per heavy atom. The Kier molecular flexibility index (Phi) is 70.3. The monoisotopic (exact) mass is 1460 g/mol. The van der Waals surface area contributed by atoms with E-state index in [1.54, 1.807) is 0 Å². The summed E-state index contributed by atoms with van der Waals surface area (Å²) in [7, 11) is -9.93. The van der Waals surface area contributed by atoms with Crippen molar-refractivity contribution in [3.8, 4) is 0 Å². The molecule has 19 heteroatoms. The molecule has 0 fully saturated rings. The molecule has 7 atom stereocenters. The van der Waals surface area contributed by atoms with E-state index in [4.69, 9.17) is 37.0 Å². The zero-order valence-corrected chi connectivity index (χ0v) is 66.8. The molecule has 0 heterocycles. The second-order valence-electron chi connectivity index (χ2n) is 29.0. The number of rotatable bonds is 78. The van der Waals surface area contributed by atoms with Gasteiger partial charge in [-0.15, -0.1) is 0 Å². The highest BCUT2D eigenvalue weighted by Gasteiger charge is 2.30. The van der Waals surface area contributed by atoms with E-state index in [9.17, 15) is 43.2 Å². The van der Waals surface area contributed by atoms with Gasteiger partial charge in [-0.25, -0.2) is 9.13 Å². The number of hydrogen-bond donors (Lipinski definition) is 3. The highest BCUT2D eigenvalue weighted by molar-refractivity contribution is 7.47. The third-order valence-electron chi connectivity index (χ3n) is 19.1. The summed E-state index contributed by atoms with van der Waals surface area (Å²) < 4.78 is 68.6. The van der Waals surface area contributed by atoms with Crippen LogP contribution in [-0.2, 0) is 65.4 Å². The van der Waals surface area contributed by atoms with E-state index < -0.39 is 97.5 Å². The van der Waals surface area contributed by atoms with E-state index in [1.165, 1.54) is 199 Å². The number of unbranched alkanes of at least 4 members (excludes halogenated alkanes) is 43. The van der Waals surface area contributed by atoms with Gasteiger partial charge >= 0.3 is 39.5 Å². The molecule has 0 radical (unpaired) electrons. The molecule has 4 unspecified atom stereocenters. The molecule has 0 aromatic carbocycles. The third-order valence-corrected chi connectivity index (χ3v) is 21.0. The summed E-state index contributed by atoms with van der Waals surface area (Å²) in [6, 6.07) is 0. The number of allylic oxidation sites excluding steroid dienone is 4. The number of esters is 4. The summed E-state index contributed by atoms with van der Waals surface area (Å²) in [6.07, 6.45) is 64.6. The Balaban J connectivity index is 5.23. The van der Waals surface area contributed by atoms with Crippen molar-refractivity contribution in [2.75, 3.05) is 39.6 Å². The number of ether oxygens (including phenoxy) is 4. The highest BCUT2D eigenvalue weighted by Crippen LogP contribution is 2.45. The highest BCUT2D eigenvalue weighted by atomic mass is 31.2. The second-order valence-corrected chi connectivity index (χ2v) is 31.9. The summed E-state index contributed by atoms with van der Waals surface area (Å²) in [5.74, 6) is -0.470. The SMILES string of the molecule is CCCCCC/C=C\C=C/CCCCCCCC(=O)OC[C@H](COP(=O)(O)OC[C@@H](O)COP(=O)(O)OC[C@@H](COC(=O)CCCCCCCCCCC)OC(=O)CCCCCCCCCCCCC(C)CC)OC(=O)CCCCCCCCCCCCCCCCCCCCC(C)CC. The molecular formula is C81H154O17P2. The summed E-state index contributed by atoms with van der Waals surface area (Å²) in [5.41, 5.74) is 0. The Bertz CT molecular complexity index is 2020. The van der Waals surface area contributed by atoms with E-state index in [-0.39, 0.29) is 25.7 Å². The van der Waals surface area contributed by atoms with E-state index in [1.807, 2.05) is 0 Å². The van der Waals surface area contributed by atoms with Gasteiger partial charge in [0.25, 0.3) is 0 Å². The fraction of sp³-hybridized carbons (Fsp3) is 0.901. The maximum absolute atomic E-state index is 13.1. The largest absolute Gasteiger partial charge is 0.472 e. The molecule has 0 bridgehead atoms. The van der Waals surface area contributed by atoms with Crippen LogP contribution in [0.25, 0.3) is 0 Å². The number of carbonyl (C=O) groups is 4. The van der Waals surface area contributed by atoms with Gasteiger partial charge in [-0.3, -0.25) is 37.3 Å². The number of hydrogen-bond acceptors (Lipinski definition) is 15. The van der Waals surface area contributed by atoms with Crippen molar-refractivity contribution in [1.29, 1.82) is 0 Å². The molecular weight excluding hydrogens is 1310 g/mol. The van der Waals surface area contributed by atoms with Gasteiger partial charge in [0.2, 0.25) is 0 Å². The van der Waals surface area contributed by atoms with Crippen molar-refractivity contribution in [2.24, 2.45) is 11.8 Å². The van der Waals surface area contributed by atoms with Gasteiger partial charge in [-0.2, -0.15) is 0 Å². The van der Waals surface area contributed by atoms with Crippen molar-refractivity contribution in [1.82, 2.24) is 0 Å². The normalized spacial score (nSPS) is 14.6. The molecule has 0 aliphatic rings. The number of aliphatic hydroxyl groups excluding tert-OH is 1. The maximum atomic E-state index is 13.1. The summed E-state index contributed by atoms with van der Waals surface area (Å²) in [4.78, 5) is 72.9. The molecule has 100 heavy (non-hydrogen) atoms. The van der Waals surface area contributed by atoms with Crippen LogP contribution in [0.5, 0.6) is 0 Å². The number of phosphoric ester groups is 2. The molecule has 0 saturated heterocycles. The lowest BCUT2D eigenvalue weighted by atomic mass is 9.99. The van der Waals surface area contributed by atoms with Crippen LogP contribution in [0.15, 0.2) is 24.3 Å². The Morgan fingerprint density at radius 1 is 0.320 bits per heavy atom. The first-order valence-corrected chi connectivity index (χ1v) is 44.4. The topological polar surface area (TPSA) is 237 Å². The van der Waals surface area contributed by atoms with Crippen LogP contribution in [0.2, 0.25) is 0 Å². The smallest absolute Gasteiger partial charge is 0.462 e. The fourth-order valence-electron chi connectivity index (χ4n) is 11.9. The molecule has 0 aromatic rings. The summed E-state index contributed by atoms with van der Waals surface area (Å²) >= 11 is 0. The van der Waals surface area contributed by atoms with Crippen molar-refractivity contribution in [3.05, 3.63) is 24.3 Å². The lowest BCUT2D eigenvalue weighted by Gasteiger charge is -2.21. The zero-order chi connectivity index (χ0) is 73.5. The number of carbonyl (C=O) groups excluding carboxylic acids is 4. The third kappa shape index (κ3) is 71.2. The minimum atomic E-state index is -4.97. The molecule has 590 valence electrons. The number of phosphoric acid groups is 2. The van der Waals surface area contributed by atoms with Gasteiger partial charge in [0.05, 0.1) is 26.4 Å².